The van der Waals surface area contributed by atoms with Gasteiger partial charge in [0.15, 0.2) is 0 Å². The van der Waals surface area contributed by atoms with E-state index < -0.39 is 24.3 Å². The molecule has 4 rings (SSSR count). The van der Waals surface area contributed by atoms with Gasteiger partial charge in [-0.15, -0.1) is 0 Å². The van der Waals surface area contributed by atoms with E-state index in [1.54, 1.807) is 11.3 Å². The van der Waals surface area contributed by atoms with E-state index in [4.69, 9.17) is 19.8 Å². The molecule has 2 fully saturated rings. The van der Waals surface area contributed by atoms with E-state index >= 15 is 0 Å². The first-order chi connectivity index (χ1) is 17.9. The summed E-state index contributed by atoms with van der Waals surface area (Å²) >= 11 is 1.64. The minimum absolute atomic E-state index is 0.0413. The highest BCUT2D eigenvalue weighted by Crippen LogP contribution is 2.34. The summed E-state index contributed by atoms with van der Waals surface area (Å²) in [5.41, 5.74) is 3.28. The van der Waals surface area contributed by atoms with E-state index in [2.05, 4.69) is 39.3 Å². The third-order valence-corrected chi connectivity index (χ3v) is 6.65. The molecule has 0 bridgehead atoms. The molecule has 2 aliphatic heterocycles. The van der Waals surface area contributed by atoms with E-state index in [-0.39, 0.29) is 11.4 Å². The van der Waals surface area contributed by atoms with Gasteiger partial charge in [0.2, 0.25) is 5.91 Å². The van der Waals surface area contributed by atoms with Gasteiger partial charge in [-0.2, -0.15) is 37.7 Å². The van der Waals surface area contributed by atoms with Crippen molar-refractivity contribution in [2.75, 3.05) is 38.1 Å². The Bertz CT molecular complexity index is 1120. The number of pyridine rings is 1. The first-order valence-corrected chi connectivity index (χ1v) is 12.2. The summed E-state index contributed by atoms with van der Waals surface area (Å²) in [6, 6.07) is 8.26. The summed E-state index contributed by atoms with van der Waals surface area (Å²) < 4.78 is 63.5. The Morgan fingerprint density at radius 3 is 2.13 bits per heavy atom. The van der Waals surface area contributed by atoms with Crippen molar-refractivity contribution in [3.05, 3.63) is 46.4 Å². The van der Waals surface area contributed by atoms with Gasteiger partial charge in [-0.3, -0.25) is 19.6 Å². The molecule has 2 N–H and O–H groups in total. The standard InChI is InChI=1S/C19H24N4OS.2C2HF3O2/c1-15-4-3-5-16(20-15)10-22-8-7-19(13-22)14-23(17-6-9-25-12-17)18(24)11-21(19)2;2*3-2(4,5)1(6)7/h3-6,9,12H,7-8,10-11,13-14H2,1-2H3;2*(H,6,7). The number of piperazine rings is 1. The second kappa shape index (κ2) is 12.7. The number of halogens is 6. The molecular weight excluding hydrogens is 558 g/mol. The van der Waals surface area contributed by atoms with E-state index in [1.807, 2.05) is 29.3 Å². The molecule has 0 radical (unpaired) electrons. The minimum atomic E-state index is -5.08. The number of aliphatic carboxylic acids is 2. The smallest absolute Gasteiger partial charge is 0.475 e. The predicted molar refractivity (Wildman–Crippen MR) is 128 cm³/mol. The maximum atomic E-state index is 12.5. The zero-order chi connectivity index (χ0) is 29.6. The maximum absolute atomic E-state index is 12.5. The number of aromatic nitrogens is 1. The molecule has 0 aromatic carbocycles. The zero-order valence-electron chi connectivity index (χ0n) is 20.8. The highest BCUT2D eigenvalue weighted by molar-refractivity contribution is 7.08. The summed E-state index contributed by atoms with van der Waals surface area (Å²) in [7, 11) is 2.09. The normalized spacial score (nSPS) is 20.2. The van der Waals surface area contributed by atoms with Gasteiger partial charge < -0.3 is 15.1 Å². The van der Waals surface area contributed by atoms with Crippen molar-refractivity contribution in [3.8, 4) is 0 Å². The van der Waals surface area contributed by atoms with Gasteiger partial charge in [-0.1, -0.05) is 6.07 Å². The maximum Gasteiger partial charge on any atom is 0.490 e. The molecule has 39 heavy (non-hydrogen) atoms. The topological polar surface area (TPSA) is 114 Å². The van der Waals surface area contributed by atoms with E-state index in [9.17, 15) is 31.1 Å². The lowest BCUT2D eigenvalue weighted by molar-refractivity contribution is -0.193. The number of alkyl halides is 6. The quantitative estimate of drug-likeness (QED) is 0.526. The van der Waals surface area contributed by atoms with Crippen LogP contribution in [0.3, 0.4) is 0 Å². The van der Waals surface area contributed by atoms with Gasteiger partial charge in [0.25, 0.3) is 0 Å². The molecule has 0 aliphatic carbocycles. The van der Waals surface area contributed by atoms with Crippen molar-refractivity contribution in [2.45, 2.75) is 37.8 Å². The van der Waals surface area contributed by atoms with Gasteiger partial charge in [0, 0.05) is 37.3 Å². The highest BCUT2D eigenvalue weighted by Gasteiger charge is 2.47. The van der Waals surface area contributed by atoms with Crippen LogP contribution in [0.25, 0.3) is 0 Å². The first-order valence-electron chi connectivity index (χ1n) is 11.2. The molecule has 2 aromatic heterocycles. The number of carboxylic acids is 2. The van der Waals surface area contributed by atoms with Crippen LogP contribution in [-0.4, -0.2) is 94.0 Å². The van der Waals surface area contributed by atoms with Crippen LogP contribution in [0.15, 0.2) is 35.0 Å². The summed E-state index contributed by atoms with van der Waals surface area (Å²) in [5.74, 6) is -5.31. The first kappa shape index (κ1) is 32.0. The Morgan fingerprint density at radius 2 is 1.64 bits per heavy atom. The Labute approximate surface area is 223 Å². The number of rotatable bonds is 3. The van der Waals surface area contributed by atoms with Crippen LogP contribution in [0.2, 0.25) is 0 Å². The third-order valence-electron chi connectivity index (χ3n) is 5.98. The molecule has 216 valence electrons. The highest BCUT2D eigenvalue weighted by atomic mass is 32.1. The van der Waals surface area contributed by atoms with Crippen LogP contribution in [0.5, 0.6) is 0 Å². The molecule has 4 heterocycles. The number of carboxylic acid groups (broad SMARTS) is 2. The summed E-state index contributed by atoms with van der Waals surface area (Å²) in [4.78, 5) is 41.7. The van der Waals surface area contributed by atoms with Gasteiger partial charge in [-0.25, -0.2) is 9.59 Å². The Balaban J connectivity index is 0.000000317. The number of hydrogen-bond acceptors (Lipinski definition) is 7. The summed E-state index contributed by atoms with van der Waals surface area (Å²) in [6.07, 6.45) is -9.08. The SMILES string of the molecule is Cc1cccc(CN2CCC3(C2)CN(c2ccsc2)C(=O)CN3C)n1.O=C(O)C(F)(F)F.O=C(O)C(F)(F)F. The average Bonchev–Trinajstić information content (AvgIpc) is 3.47. The predicted octanol–water partition coefficient (Wildman–Crippen LogP) is 3.64. The van der Waals surface area contributed by atoms with E-state index in [0.717, 1.165) is 49.7 Å². The average molecular weight is 585 g/mol. The number of hydrogen-bond donors (Lipinski definition) is 2. The molecular formula is C23H26F6N4O5S. The van der Waals surface area contributed by atoms with Crippen molar-refractivity contribution < 1.29 is 50.9 Å². The van der Waals surface area contributed by atoms with Crippen LogP contribution in [0, 0.1) is 6.92 Å². The van der Waals surface area contributed by atoms with Crippen molar-refractivity contribution in [1.82, 2.24) is 14.8 Å². The number of amides is 1. The lowest BCUT2D eigenvalue weighted by Gasteiger charge is -2.46. The molecule has 1 spiro atoms. The number of likely N-dealkylation sites (N-methyl/N-ethyl adjacent to an activating group) is 1. The molecule has 1 amide bonds. The molecule has 2 aromatic rings. The van der Waals surface area contributed by atoms with Crippen molar-refractivity contribution in [2.24, 2.45) is 0 Å². The summed E-state index contributed by atoms with van der Waals surface area (Å²) in [6.45, 7) is 6.21. The van der Waals surface area contributed by atoms with Gasteiger partial charge in [0.05, 0.1) is 23.5 Å². The van der Waals surface area contributed by atoms with Gasteiger partial charge in [-0.05, 0) is 44.0 Å². The summed E-state index contributed by atoms with van der Waals surface area (Å²) in [5, 5.41) is 18.4. The lowest BCUT2D eigenvalue weighted by Crippen LogP contribution is -2.64. The molecule has 2 saturated heterocycles. The van der Waals surface area contributed by atoms with Gasteiger partial charge >= 0.3 is 24.3 Å². The van der Waals surface area contributed by atoms with Crippen LogP contribution in [-0.2, 0) is 20.9 Å². The van der Waals surface area contributed by atoms with Crippen LogP contribution >= 0.6 is 11.3 Å². The van der Waals surface area contributed by atoms with Crippen LogP contribution in [0.4, 0.5) is 32.0 Å². The number of anilines is 1. The molecule has 1 atom stereocenters. The van der Waals surface area contributed by atoms with Crippen LogP contribution in [0.1, 0.15) is 17.8 Å². The fourth-order valence-electron chi connectivity index (χ4n) is 4.04. The molecule has 2 aliphatic rings. The number of carbonyl (C=O) groups excluding carboxylic acids is 1. The molecule has 1 unspecified atom stereocenters. The third kappa shape index (κ3) is 9.18. The second-order valence-corrected chi connectivity index (χ2v) is 9.66. The van der Waals surface area contributed by atoms with Crippen LogP contribution < -0.4 is 4.90 Å². The number of likely N-dealkylation sites (tertiary alicyclic amines) is 1. The van der Waals surface area contributed by atoms with E-state index in [1.165, 1.54) is 0 Å². The monoisotopic (exact) mass is 584 g/mol. The molecule has 16 heteroatoms. The van der Waals surface area contributed by atoms with Gasteiger partial charge in [0.1, 0.15) is 0 Å². The number of carbonyl (C=O) groups is 3. The fourth-order valence-corrected chi connectivity index (χ4v) is 4.68. The molecule has 0 saturated carbocycles. The number of thiophene rings is 1. The lowest BCUT2D eigenvalue weighted by atomic mass is 9.93. The molecule has 9 nitrogen and oxygen atoms in total. The Kier molecular flexibility index (Phi) is 10.4. The second-order valence-electron chi connectivity index (χ2n) is 8.88. The van der Waals surface area contributed by atoms with Crippen molar-refractivity contribution in [1.29, 1.82) is 0 Å². The van der Waals surface area contributed by atoms with E-state index in [0.29, 0.717) is 6.54 Å². The number of nitrogens with zero attached hydrogens (tertiary/aromatic N) is 4. The van der Waals surface area contributed by atoms with Crippen molar-refractivity contribution >= 4 is 34.9 Å². The fraction of sp³-hybridized carbons (Fsp3) is 0.478. The minimum Gasteiger partial charge on any atom is -0.475 e. The van der Waals surface area contributed by atoms with Crippen molar-refractivity contribution in [3.63, 3.8) is 0 Å². The largest absolute Gasteiger partial charge is 0.490 e. The number of aryl methyl sites for hydroxylation is 1. The Morgan fingerprint density at radius 1 is 1.05 bits per heavy atom. The Hall–Kier alpha value is -3.24. The zero-order valence-corrected chi connectivity index (χ0v) is 21.6.